The Kier molecular flexibility index (Phi) is 4.51. The van der Waals surface area contributed by atoms with Gasteiger partial charge in [-0.1, -0.05) is 0 Å². The Morgan fingerprint density at radius 1 is 1.50 bits per heavy atom. The van der Waals surface area contributed by atoms with Crippen LogP contribution in [0.1, 0.15) is 0 Å². The zero-order chi connectivity index (χ0) is 13.0. The number of hydrogen-bond donors (Lipinski definition) is 2. The van der Waals surface area contributed by atoms with E-state index in [-0.39, 0.29) is 24.6 Å². The van der Waals surface area contributed by atoms with E-state index in [0.717, 1.165) is 26.2 Å². The molecule has 0 aliphatic carbocycles. The number of morpholine rings is 1. The van der Waals surface area contributed by atoms with Crippen LogP contribution in [-0.2, 0) is 9.53 Å². The monoisotopic (exact) mass is 256 g/mol. The van der Waals surface area contributed by atoms with E-state index in [9.17, 15) is 9.59 Å². The number of amides is 3. The summed E-state index contributed by atoms with van der Waals surface area (Å²) in [4.78, 5) is 26.0. The lowest BCUT2D eigenvalue weighted by molar-refractivity contribution is -0.125. The van der Waals surface area contributed by atoms with Crippen molar-refractivity contribution in [3.8, 4) is 0 Å². The van der Waals surface area contributed by atoms with Gasteiger partial charge in [0.1, 0.15) is 0 Å². The third-order valence-corrected chi connectivity index (χ3v) is 3.16. The average Bonchev–Trinajstić information content (AvgIpc) is 2.68. The highest BCUT2D eigenvalue weighted by Crippen LogP contribution is 2.01. The van der Waals surface area contributed by atoms with Gasteiger partial charge in [-0.3, -0.25) is 9.69 Å². The number of ether oxygens (including phenoxy) is 1. The van der Waals surface area contributed by atoms with Crippen molar-refractivity contribution < 1.29 is 14.3 Å². The second-order valence-corrected chi connectivity index (χ2v) is 4.66. The Morgan fingerprint density at radius 2 is 2.33 bits per heavy atom. The second-order valence-electron chi connectivity index (χ2n) is 4.66. The molecule has 2 aliphatic heterocycles. The van der Waals surface area contributed by atoms with Crippen LogP contribution in [-0.4, -0.2) is 80.8 Å². The Bertz CT molecular complexity index is 301. The topological polar surface area (TPSA) is 73.9 Å². The lowest BCUT2D eigenvalue weighted by Gasteiger charge is -2.28. The highest BCUT2D eigenvalue weighted by Gasteiger charge is 2.28. The van der Waals surface area contributed by atoms with Crippen LogP contribution in [0.2, 0.25) is 0 Å². The Balaban J connectivity index is 1.69. The van der Waals surface area contributed by atoms with Crippen molar-refractivity contribution >= 4 is 11.9 Å². The van der Waals surface area contributed by atoms with Crippen LogP contribution in [0.15, 0.2) is 0 Å². The molecule has 0 aromatic carbocycles. The van der Waals surface area contributed by atoms with Gasteiger partial charge in [0.05, 0.1) is 19.3 Å². The molecule has 0 saturated carbocycles. The van der Waals surface area contributed by atoms with E-state index in [2.05, 4.69) is 15.5 Å². The van der Waals surface area contributed by atoms with Gasteiger partial charge in [-0.15, -0.1) is 0 Å². The minimum atomic E-state index is -0.288. The third-order valence-electron chi connectivity index (χ3n) is 3.16. The van der Waals surface area contributed by atoms with Crippen LogP contribution in [0, 0.1) is 0 Å². The fourth-order valence-corrected chi connectivity index (χ4v) is 2.13. The van der Waals surface area contributed by atoms with Gasteiger partial charge in [0, 0.05) is 32.7 Å². The van der Waals surface area contributed by atoms with Gasteiger partial charge in [-0.05, 0) is 7.05 Å². The summed E-state index contributed by atoms with van der Waals surface area (Å²) in [5.41, 5.74) is 0. The minimum absolute atomic E-state index is 0.123. The quantitative estimate of drug-likeness (QED) is 0.583. The molecular formula is C11H20N4O3. The van der Waals surface area contributed by atoms with Crippen molar-refractivity contribution in [3.63, 3.8) is 0 Å². The lowest BCUT2D eigenvalue weighted by atomic mass is 10.3. The highest BCUT2D eigenvalue weighted by atomic mass is 16.5. The molecule has 0 aromatic heterocycles. The summed E-state index contributed by atoms with van der Waals surface area (Å²) >= 11 is 0. The number of urea groups is 1. The first-order valence-electron chi connectivity index (χ1n) is 6.26. The first-order chi connectivity index (χ1) is 8.66. The molecule has 1 atom stereocenters. The molecule has 2 N–H and O–H groups in total. The number of nitrogens with one attached hydrogen (secondary N) is 2. The van der Waals surface area contributed by atoms with Gasteiger partial charge in [0.25, 0.3) is 0 Å². The maximum absolute atomic E-state index is 11.4. The molecular weight excluding hydrogens is 236 g/mol. The van der Waals surface area contributed by atoms with Crippen molar-refractivity contribution in [1.29, 1.82) is 0 Å². The van der Waals surface area contributed by atoms with E-state index >= 15 is 0 Å². The van der Waals surface area contributed by atoms with Gasteiger partial charge < -0.3 is 20.3 Å². The lowest BCUT2D eigenvalue weighted by Crippen LogP contribution is -2.46. The number of nitrogens with zero attached hydrogens (tertiary/aromatic N) is 2. The fourth-order valence-electron chi connectivity index (χ4n) is 2.13. The molecule has 18 heavy (non-hydrogen) atoms. The number of imide groups is 1. The van der Waals surface area contributed by atoms with Crippen LogP contribution in [0.25, 0.3) is 0 Å². The molecule has 2 aliphatic rings. The third kappa shape index (κ3) is 3.41. The molecule has 0 aromatic rings. The van der Waals surface area contributed by atoms with Gasteiger partial charge in [-0.25, -0.2) is 4.79 Å². The van der Waals surface area contributed by atoms with E-state index in [1.807, 2.05) is 7.05 Å². The molecule has 7 nitrogen and oxygen atoms in total. The Hall–Kier alpha value is -1.18. The maximum Gasteiger partial charge on any atom is 0.324 e. The van der Waals surface area contributed by atoms with E-state index in [4.69, 9.17) is 4.74 Å². The van der Waals surface area contributed by atoms with E-state index in [0.29, 0.717) is 13.1 Å². The molecule has 2 rings (SSSR count). The number of hydrogen-bond acceptors (Lipinski definition) is 5. The first-order valence-corrected chi connectivity index (χ1v) is 6.26. The number of carbonyl (C=O) groups excluding carboxylic acids is 2. The normalized spacial score (nSPS) is 24.8. The van der Waals surface area contributed by atoms with Gasteiger partial charge in [0.15, 0.2) is 0 Å². The van der Waals surface area contributed by atoms with Crippen LogP contribution in [0.3, 0.4) is 0 Å². The van der Waals surface area contributed by atoms with E-state index in [1.165, 1.54) is 4.90 Å². The molecule has 2 fully saturated rings. The molecule has 3 amide bonds. The SMILES string of the molecule is CN(CCN1C(=O)CNC1=O)CC1CNCCO1. The molecule has 2 saturated heterocycles. The maximum atomic E-state index is 11.4. The summed E-state index contributed by atoms with van der Waals surface area (Å²) < 4.78 is 5.60. The fraction of sp³-hybridized carbons (Fsp3) is 0.818. The molecule has 1 unspecified atom stereocenters. The van der Waals surface area contributed by atoms with Gasteiger partial charge in [-0.2, -0.15) is 0 Å². The van der Waals surface area contributed by atoms with Crippen LogP contribution in [0.4, 0.5) is 4.79 Å². The molecule has 0 spiro atoms. The van der Waals surface area contributed by atoms with Crippen molar-refractivity contribution in [1.82, 2.24) is 20.4 Å². The van der Waals surface area contributed by atoms with Crippen molar-refractivity contribution in [2.24, 2.45) is 0 Å². The highest BCUT2D eigenvalue weighted by molar-refractivity contribution is 6.01. The molecule has 0 bridgehead atoms. The number of rotatable bonds is 5. The summed E-state index contributed by atoms with van der Waals surface area (Å²) in [6.07, 6.45) is 0.187. The number of carbonyl (C=O) groups is 2. The average molecular weight is 256 g/mol. The summed E-state index contributed by atoms with van der Waals surface area (Å²) in [5, 5.41) is 5.78. The van der Waals surface area contributed by atoms with Gasteiger partial charge >= 0.3 is 6.03 Å². The van der Waals surface area contributed by atoms with Crippen LogP contribution >= 0.6 is 0 Å². The minimum Gasteiger partial charge on any atom is -0.374 e. The molecule has 7 heteroatoms. The summed E-state index contributed by atoms with van der Waals surface area (Å²) in [5.74, 6) is -0.149. The second kappa shape index (κ2) is 6.12. The number of likely N-dealkylation sites (N-methyl/N-ethyl adjacent to an activating group) is 1. The first kappa shape index (κ1) is 13.3. The zero-order valence-corrected chi connectivity index (χ0v) is 10.6. The zero-order valence-electron chi connectivity index (χ0n) is 10.6. The summed E-state index contributed by atoms with van der Waals surface area (Å²) in [6, 6.07) is -0.288. The molecule has 0 radical (unpaired) electrons. The smallest absolute Gasteiger partial charge is 0.324 e. The Morgan fingerprint density at radius 3 is 2.94 bits per heavy atom. The van der Waals surface area contributed by atoms with E-state index in [1.54, 1.807) is 0 Å². The molecule has 2 heterocycles. The molecule has 102 valence electrons. The Labute approximate surface area is 106 Å². The standard InChI is InChI=1S/C11H20N4O3/c1-14(8-9-6-12-2-5-18-9)3-4-15-10(16)7-13-11(15)17/h9,12H,2-8H2,1H3,(H,13,17). The van der Waals surface area contributed by atoms with Gasteiger partial charge in [0.2, 0.25) is 5.91 Å². The largest absolute Gasteiger partial charge is 0.374 e. The summed E-state index contributed by atoms with van der Waals surface area (Å²) in [6.45, 7) is 4.52. The van der Waals surface area contributed by atoms with Crippen molar-refractivity contribution in [2.45, 2.75) is 6.10 Å². The van der Waals surface area contributed by atoms with Crippen molar-refractivity contribution in [2.75, 3.05) is 52.9 Å². The van der Waals surface area contributed by atoms with E-state index < -0.39 is 0 Å². The van der Waals surface area contributed by atoms with Crippen molar-refractivity contribution in [3.05, 3.63) is 0 Å². The van der Waals surface area contributed by atoms with Crippen LogP contribution in [0.5, 0.6) is 0 Å². The summed E-state index contributed by atoms with van der Waals surface area (Å²) in [7, 11) is 1.97. The predicted octanol–water partition coefficient (Wildman–Crippen LogP) is -1.54. The predicted molar refractivity (Wildman–Crippen MR) is 65.2 cm³/mol. The van der Waals surface area contributed by atoms with Crippen LogP contribution < -0.4 is 10.6 Å².